The highest BCUT2D eigenvalue weighted by atomic mass is 15.5. The van der Waals surface area contributed by atoms with Crippen LogP contribution in [0.1, 0.15) is 142 Å². The van der Waals surface area contributed by atoms with Gasteiger partial charge in [-0.05, 0) is 25.9 Å². The molecule has 0 spiro atoms. The van der Waals surface area contributed by atoms with E-state index in [2.05, 4.69) is 29.1 Å². The van der Waals surface area contributed by atoms with Gasteiger partial charge in [0, 0.05) is 6.20 Å². The van der Waals surface area contributed by atoms with Gasteiger partial charge < -0.3 is 0 Å². The van der Waals surface area contributed by atoms with E-state index in [0.29, 0.717) is 0 Å². The third kappa shape index (κ3) is 18.4. The maximum absolute atomic E-state index is 4.18. The van der Waals surface area contributed by atoms with E-state index in [1.165, 1.54) is 142 Å². The normalized spacial score (nSPS) is 11.6. The van der Waals surface area contributed by atoms with Crippen molar-refractivity contribution in [1.82, 2.24) is 19.9 Å². The van der Waals surface area contributed by atoms with Crippen molar-refractivity contribution in [3.8, 4) is 0 Å². The molecule has 0 unspecified atom stereocenters. The summed E-state index contributed by atoms with van der Waals surface area (Å²) in [6.45, 7) is 7.89. The van der Waals surface area contributed by atoms with Gasteiger partial charge in [0.2, 0.25) is 0 Å². The number of rotatable bonds is 24. The highest BCUT2D eigenvalue weighted by Gasteiger charge is 2.06. The molecular formula is C27H54N4. The van der Waals surface area contributed by atoms with Crippen molar-refractivity contribution in [2.45, 2.75) is 149 Å². The standard InChI is InChI=1S/C27H54N4/c1-3-5-7-9-11-13-15-17-19-21-24-30(27-31-26-23-28-29-31)25-22-20-18-16-14-12-10-8-6-4-2/h23,26H,3-22,24-25,27H2,1-2H3. The molecule has 0 bridgehead atoms. The molecule has 1 heterocycles. The first-order chi connectivity index (χ1) is 15.4. The fourth-order valence-corrected chi connectivity index (χ4v) is 4.41. The van der Waals surface area contributed by atoms with Crippen LogP contribution in [-0.4, -0.2) is 33.0 Å². The average Bonchev–Trinajstić information content (AvgIpc) is 3.29. The fraction of sp³-hybridized carbons (Fsp3) is 0.926. The van der Waals surface area contributed by atoms with E-state index < -0.39 is 0 Å². The first kappa shape index (κ1) is 28.1. The van der Waals surface area contributed by atoms with Crippen LogP contribution in [0, 0.1) is 0 Å². The van der Waals surface area contributed by atoms with E-state index >= 15 is 0 Å². The summed E-state index contributed by atoms with van der Waals surface area (Å²) in [5, 5.41) is 8.15. The topological polar surface area (TPSA) is 34.0 Å². The van der Waals surface area contributed by atoms with E-state index in [0.717, 1.165) is 6.67 Å². The zero-order valence-corrected chi connectivity index (χ0v) is 21.2. The number of hydrogen-bond acceptors (Lipinski definition) is 3. The monoisotopic (exact) mass is 434 g/mol. The molecule has 0 amide bonds. The summed E-state index contributed by atoms with van der Waals surface area (Å²) < 4.78 is 1.98. The molecule has 1 aromatic rings. The molecule has 0 saturated carbocycles. The lowest BCUT2D eigenvalue weighted by atomic mass is 10.1. The summed E-state index contributed by atoms with van der Waals surface area (Å²) in [5.74, 6) is 0. The van der Waals surface area contributed by atoms with Crippen LogP contribution in [0.25, 0.3) is 0 Å². The molecule has 0 N–H and O–H groups in total. The molecule has 0 fully saturated rings. The Labute approximate surface area is 194 Å². The molecule has 0 saturated heterocycles. The summed E-state index contributed by atoms with van der Waals surface area (Å²) >= 11 is 0. The van der Waals surface area contributed by atoms with Gasteiger partial charge in [-0.15, -0.1) is 5.10 Å². The molecule has 31 heavy (non-hydrogen) atoms. The van der Waals surface area contributed by atoms with Gasteiger partial charge in [0.1, 0.15) is 0 Å². The quantitative estimate of drug-likeness (QED) is 0.153. The Morgan fingerprint density at radius 3 is 1.29 bits per heavy atom. The van der Waals surface area contributed by atoms with E-state index in [1.807, 2.05) is 10.9 Å². The highest BCUT2D eigenvalue weighted by Crippen LogP contribution is 2.13. The molecule has 0 atom stereocenters. The van der Waals surface area contributed by atoms with Crippen LogP contribution < -0.4 is 0 Å². The summed E-state index contributed by atoms with van der Waals surface area (Å²) in [4.78, 5) is 2.59. The molecular weight excluding hydrogens is 380 g/mol. The van der Waals surface area contributed by atoms with Crippen molar-refractivity contribution in [3.63, 3.8) is 0 Å². The summed E-state index contributed by atoms with van der Waals surface area (Å²) in [6, 6.07) is 0. The smallest absolute Gasteiger partial charge is 0.0946 e. The molecule has 1 rings (SSSR count). The average molecular weight is 435 g/mol. The first-order valence-corrected chi connectivity index (χ1v) is 13.9. The van der Waals surface area contributed by atoms with Crippen LogP contribution >= 0.6 is 0 Å². The van der Waals surface area contributed by atoms with Gasteiger partial charge in [0.15, 0.2) is 0 Å². The van der Waals surface area contributed by atoms with Crippen LogP contribution in [0.15, 0.2) is 12.4 Å². The Kier molecular flexibility index (Phi) is 20.2. The van der Waals surface area contributed by atoms with Gasteiger partial charge >= 0.3 is 0 Å². The molecule has 0 radical (unpaired) electrons. The number of nitrogens with zero attached hydrogens (tertiary/aromatic N) is 4. The maximum Gasteiger partial charge on any atom is 0.0946 e. The first-order valence-electron chi connectivity index (χ1n) is 13.9. The minimum absolute atomic E-state index is 0.898. The second-order valence-electron chi connectivity index (χ2n) is 9.57. The highest BCUT2D eigenvalue weighted by molar-refractivity contribution is 4.65. The maximum atomic E-state index is 4.18. The second-order valence-corrected chi connectivity index (χ2v) is 9.57. The lowest BCUT2D eigenvalue weighted by Gasteiger charge is -2.22. The van der Waals surface area contributed by atoms with Gasteiger partial charge in [-0.25, -0.2) is 4.68 Å². The second kappa shape index (κ2) is 22.3. The lowest BCUT2D eigenvalue weighted by molar-refractivity contribution is 0.196. The molecule has 0 aliphatic heterocycles. The van der Waals surface area contributed by atoms with E-state index in [1.54, 1.807) is 6.20 Å². The summed E-state index contributed by atoms with van der Waals surface area (Å²) in [6.07, 6.45) is 31.9. The minimum atomic E-state index is 0.898. The van der Waals surface area contributed by atoms with Crippen LogP contribution in [0.4, 0.5) is 0 Å². The summed E-state index contributed by atoms with van der Waals surface area (Å²) in [7, 11) is 0. The van der Waals surface area contributed by atoms with Crippen LogP contribution in [0.3, 0.4) is 0 Å². The van der Waals surface area contributed by atoms with Gasteiger partial charge in [-0.3, -0.25) is 4.90 Å². The fourth-order valence-electron chi connectivity index (χ4n) is 4.41. The van der Waals surface area contributed by atoms with Crippen molar-refractivity contribution in [3.05, 3.63) is 12.4 Å². The predicted octanol–water partition coefficient (Wildman–Crippen LogP) is 8.38. The number of aromatic nitrogens is 3. The SMILES string of the molecule is CCCCCCCCCCCCN(CCCCCCCCCCCC)Cn1ccnn1. The molecule has 0 aliphatic carbocycles. The van der Waals surface area contributed by atoms with Crippen molar-refractivity contribution in [2.24, 2.45) is 0 Å². The molecule has 4 heteroatoms. The van der Waals surface area contributed by atoms with Crippen molar-refractivity contribution < 1.29 is 0 Å². The molecule has 1 aromatic heterocycles. The third-order valence-electron chi connectivity index (χ3n) is 6.47. The van der Waals surface area contributed by atoms with Gasteiger partial charge in [0.05, 0.1) is 12.9 Å². The zero-order valence-electron chi connectivity index (χ0n) is 21.2. The molecule has 0 aliphatic rings. The van der Waals surface area contributed by atoms with Gasteiger partial charge in [0.25, 0.3) is 0 Å². The van der Waals surface area contributed by atoms with Crippen LogP contribution in [-0.2, 0) is 6.67 Å². The Morgan fingerprint density at radius 2 is 0.935 bits per heavy atom. The minimum Gasteiger partial charge on any atom is -0.284 e. The van der Waals surface area contributed by atoms with Crippen LogP contribution in [0.2, 0.25) is 0 Å². The van der Waals surface area contributed by atoms with E-state index in [4.69, 9.17) is 0 Å². The Morgan fingerprint density at radius 1 is 0.548 bits per heavy atom. The summed E-state index contributed by atoms with van der Waals surface area (Å²) in [5.41, 5.74) is 0. The molecule has 4 nitrogen and oxygen atoms in total. The number of unbranched alkanes of at least 4 members (excludes halogenated alkanes) is 18. The third-order valence-corrected chi connectivity index (χ3v) is 6.47. The predicted molar refractivity (Wildman–Crippen MR) is 135 cm³/mol. The zero-order chi connectivity index (χ0) is 22.2. The van der Waals surface area contributed by atoms with Gasteiger partial charge in [-0.1, -0.05) is 135 Å². The van der Waals surface area contributed by atoms with Crippen molar-refractivity contribution in [1.29, 1.82) is 0 Å². The molecule has 0 aromatic carbocycles. The molecule has 182 valence electrons. The van der Waals surface area contributed by atoms with E-state index in [9.17, 15) is 0 Å². The van der Waals surface area contributed by atoms with Gasteiger partial charge in [-0.2, -0.15) is 0 Å². The van der Waals surface area contributed by atoms with Crippen LogP contribution in [0.5, 0.6) is 0 Å². The lowest BCUT2D eigenvalue weighted by Crippen LogP contribution is -2.29. The largest absolute Gasteiger partial charge is 0.284 e. The Hall–Kier alpha value is -0.900. The van der Waals surface area contributed by atoms with Crippen molar-refractivity contribution >= 4 is 0 Å². The Balaban J connectivity index is 2.05. The van der Waals surface area contributed by atoms with Crippen molar-refractivity contribution in [2.75, 3.05) is 13.1 Å². The number of hydrogen-bond donors (Lipinski definition) is 0. The van der Waals surface area contributed by atoms with E-state index in [-0.39, 0.29) is 0 Å². The Bertz CT molecular complexity index is 422.